The first-order chi connectivity index (χ1) is 4.20. The molecule has 4 heteroatoms. The normalized spacial score (nSPS) is 6.80. The average Bonchev–Trinajstić information content (AvgIpc) is 1.87. The quantitative estimate of drug-likeness (QED) is 0.264. The Morgan fingerprint density at radius 3 is 1.60 bits per heavy atom. The summed E-state index contributed by atoms with van der Waals surface area (Å²) in [6.07, 6.45) is 1.81. The van der Waals surface area contributed by atoms with Crippen LogP contribution < -0.4 is 0 Å². The van der Waals surface area contributed by atoms with Gasteiger partial charge in [0.15, 0.2) is 0 Å². The Kier molecular flexibility index (Phi) is 7.78. The SMILES string of the molecule is C=CC(=O)OC(=O)C=C.[Ti]. The van der Waals surface area contributed by atoms with Crippen LogP contribution in [0.5, 0.6) is 0 Å². The summed E-state index contributed by atoms with van der Waals surface area (Å²) < 4.78 is 4.03. The predicted molar refractivity (Wildman–Crippen MR) is 31.5 cm³/mol. The van der Waals surface area contributed by atoms with Gasteiger partial charge in [0, 0.05) is 33.9 Å². The van der Waals surface area contributed by atoms with Gasteiger partial charge in [0.2, 0.25) is 0 Å². The molecule has 52 valence electrons. The van der Waals surface area contributed by atoms with Crippen LogP contribution in [0.4, 0.5) is 0 Å². The van der Waals surface area contributed by atoms with Gasteiger partial charge in [-0.3, -0.25) is 0 Å². The molecular weight excluding hydrogens is 168 g/mol. The third-order valence-corrected chi connectivity index (χ3v) is 0.535. The van der Waals surface area contributed by atoms with Gasteiger partial charge in [0.1, 0.15) is 0 Å². The zero-order chi connectivity index (χ0) is 7.28. The molecule has 3 nitrogen and oxygen atoms in total. The standard InChI is InChI=1S/C6H6O3.Ti/c1-3-5(7)9-6(8)4-2;/h3-4H,1-2H2;. The van der Waals surface area contributed by atoms with E-state index < -0.39 is 11.9 Å². The second-order valence-electron chi connectivity index (χ2n) is 1.15. The molecule has 0 unspecified atom stereocenters. The molecule has 0 saturated carbocycles. The van der Waals surface area contributed by atoms with Crippen LogP contribution in [0.25, 0.3) is 0 Å². The maximum absolute atomic E-state index is 10.2. The maximum atomic E-state index is 10.2. The van der Waals surface area contributed by atoms with Crippen molar-refractivity contribution in [1.29, 1.82) is 0 Å². The molecule has 0 fully saturated rings. The number of hydrogen-bond acceptors (Lipinski definition) is 3. The summed E-state index contributed by atoms with van der Waals surface area (Å²) in [6.45, 7) is 6.17. The molecule has 0 aromatic carbocycles. The molecule has 0 saturated heterocycles. The van der Waals surface area contributed by atoms with Crippen molar-refractivity contribution in [3.63, 3.8) is 0 Å². The summed E-state index contributed by atoms with van der Waals surface area (Å²) in [5, 5.41) is 0. The van der Waals surface area contributed by atoms with Crippen molar-refractivity contribution in [2.45, 2.75) is 0 Å². The first-order valence-corrected chi connectivity index (χ1v) is 2.21. The van der Waals surface area contributed by atoms with E-state index in [-0.39, 0.29) is 21.7 Å². The third-order valence-electron chi connectivity index (χ3n) is 0.535. The second kappa shape index (κ2) is 6.45. The summed E-state index contributed by atoms with van der Waals surface area (Å²) in [4.78, 5) is 20.3. The summed E-state index contributed by atoms with van der Waals surface area (Å²) in [7, 11) is 0. The summed E-state index contributed by atoms with van der Waals surface area (Å²) in [5.41, 5.74) is 0. The average molecular weight is 174 g/mol. The molecule has 0 amide bonds. The minimum Gasteiger partial charge on any atom is -0.387 e. The Morgan fingerprint density at radius 2 is 1.40 bits per heavy atom. The van der Waals surface area contributed by atoms with Crippen LogP contribution >= 0.6 is 0 Å². The molecule has 0 aromatic heterocycles. The van der Waals surface area contributed by atoms with E-state index in [1.54, 1.807) is 0 Å². The van der Waals surface area contributed by atoms with Gasteiger partial charge in [-0.05, 0) is 0 Å². The summed E-state index contributed by atoms with van der Waals surface area (Å²) in [6, 6.07) is 0. The monoisotopic (exact) mass is 174 g/mol. The number of hydrogen-bond donors (Lipinski definition) is 0. The molecule has 0 N–H and O–H groups in total. The van der Waals surface area contributed by atoms with Crippen molar-refractivity contribution in [2.24, 2.45) is 0 Å². The zero-order valence-corrected chi connectivity index (χ0v) is 6.86. The molecule has 0 aliphatic heterocycles. The smallest absolute Gasteiger partial charge is 0.338 e. The molecule has 0 aliphatic rings. The van der Waals surface area contributed by atoms with Gasteiger partial charge in [0.25, 0.3) is 0 Å². The van der Waals surface area contributed by atoms with Crippen LogP contribution in [-0.2, 0) is 36.0 Å². The number of carbonyl (C=O) groups excluding carboxylic acids is 2. The minimum atomic E-state index is -0.764. The molecule has 0 radical (unpaired) electrons. The van der Waals surface area contributed by atoms with Gasteiger partial charge in [-0.15, -0.1) is 0 Å². The van der Waals surface area contributed by atoms with Gasteiger partial charge >= 0.3 is 11.9 Å². The van der Waals surface area contributed by atoms with Gasteiger partial charge in [0.05, 0.1) is 0 Å². The van der Waals surface area contributed by atoms with Gasteiger partial charge in [-0.1, -0.05) is 13.2 Å². The fourth-order valence-corrected chi connectivity index (χ4v) is 0.182. The Bertz CT molecular complexity index is 144. The summed E-state index contributed by atoms with van der Waals surface area (Å²) in [5.74, 6) is -1.53. The number of carbonyl (C=O) groups is 2. The van der Waals surface area contributed by atoms with Gasteiger partial charge < -0.3 is 4.74 Å². The molecule has 10 heavy (non-hydrogen) atoms. The van der Waals surface area contributed by atoms with Crippen molar-refractivity contribution >= 4 is 11.9 Å². The number of rotatable bonds is 2. The number of esters is 2. The summed E-state index contributed by atoms with van der Waals surface area (Å²) >= 11 is 0. The molecule has 0 heterocycles. The van der Waals surface area contributed by atoms with Crippen molar-refractivity contribution in [2.75, 3.05) is 0 Å². The van der Waals surface area contributed by atoms with Crippen molar-refractivity contribution in [3.8, 4) is 0 Å². The van der Waals surface area contributed by atoms with E-state index >= 15 is 0 Å². The molecule has 0 rings (SSSR count). The topological polar surface area (TPSA) is 43.4 Å². The number of ether oxygens (including phenoxy) is 1. The Morgan fingerprint density at radius 1 is 1.10 bits per heavy atom. The fraction of sp³-hybridized carbons (Fsp3) is 0. The van der Waals surface area contributed by atoms with E-state index in [9.17, 15) is 9.59 Å². The van der Waals surface area contributed by atoms with Gasteiger partial charge in [-0.25, -0.2) is 9.59 Å². The van der Waals surface area contributed by atoms with E-state index in [1.165, 1.54) is 0 Å². The van der Waals surface area contributed by atoms with Crippen LogP contribution in [0, 0.1) is 0 Å². The van der Waals surface area contributed by atoms with Crippen molar-refractivity contribution in [1.82, 2.24) is 0 Å². The Hall–Kier alpha value is -0.666. The molecule has 0 aromatic rings. The van der Waals surface area contributed by atoms with Gasteiger partial charge in [-0.2, -0.15) is 0 Å². The van der Waals surface area contributed by atoms with E-state index in [4.69, 9.17) is 0 Å². The zero-order valence-electron chi connectivity index (χ0n) is 5.29. The first kappa shape index (κ1) is 12.1. The van der Waals surface area contributed by atoms with Crippen LogP contribution in [0.1, 0.15) is 0 Å². The second-order valence-corrected chi connectivity index (χ2v) is 1.15. The Balaban J connectivity index is 0. The predicted octanol–water partition coefficient (Wildman–Crippen LogP) is 0.426. The van der Waals surface area contributed by atoms with E-state index in [2.05, 4.69) is 17.9 Å². The molecule has 0 spiro atoms. The molecule has 0 bridgehead atoms. The van der Waals surface area contributed by atoms with Crippen molar-refractivity contribution < 1.29 is 36.0 Å². The minimum absolute atomic E-state index is 0. The van der Waals surface area contributed by atoms with Crippen LogP contribution in [0.15, 0.2) is 25.3 Å². The Labute approximate surface area is 73.6 Å². The van der Waals surface area contributed by atoms with E-state index in [1.807, 2.05) is 0 Å². The largest absolute Gasteiger partial charge is 0.387 e. The van der Waals surface area contributed by atoms with Crippen molar-refractivity contribution in [3.05, 3.63) is 25.3 Å². The van der Waals surface area contributed by atoms with E-state index in [0.717, 1.165) is 12.2 Å². The molecule has 0 aliphatic carbocycles. The molecular formula is C6H6O3Ti. The maximum Gasteiger partial charge on any atom is 0.338 e. The van der Waals surface area contributed by atoms with Crippen LogP contribution in [0.2, 0.25) is 0 Å². The fourth-order valence-electron chi connectivity index (χ4n) is 0.182. The van der Waals surface area contributed by atoms with Crippen LogP contribution in [-0.4, -0.2) is 11.9 Å². The van der Waals surface area contributed by atoms with E-state index in [0.29, 0.717) is 0 Å². The third kappa shape index (κ3) is 5.47. The van der Waals surface area contributed by atoms with Crippen LogP contribution in [0.3, 0.4) is 0 Å². The first-order valence-electron chi connectivity index (χ1n) is 2.21. The molecule has 0 atom stereocenters.